The summed E-state index contributed by atoms with van der Waals surface area (Å²) in [7, 11) is -4.20. The zero-order valence-corrected chi connectivity index (χ0v) is 22.1. The predicted octanol–water partition coefficient (Wildman–Crippen LogP) is 4.31. The zero-order chi connectivity index (χ0) is 27.0. The molecule has 0 spiro atoms. The van der Waals surface area contributed by atoms with E-state index in [0.717, 1.165) is 17.8 Å². The molecule has 5 rings (SSSR count). The number of carbonyl (C=O) groups is 1. The molecule has 38 heavy (non-hydrogen) atoms. The van der Waals surface area contributed by atoms with Gasteiger partial charge in [0.1, 0.15) is 22.2 Å². The molecule has 1 aliphatic heterocycles. The van der Waals surface area contributed by atoms with Gasteiger partial charge in [0.05, 0.1) is 0 Å². The monoisotopic (exact) mass is 558 g/mol. The Morgan fingerprint density at radius 2 is 1.87 bits per heavy atom. The molecule has 2 N–H and O–H groups in total. The highest BCUT2D eigenvalue weighted by Gasteiger charge is 2.25. The molecule has 1 fully saturated rings. The summed E-state index contributed by atoms with van der Waals surface area (Å²) in [6.45, 7) is 4.64. The molecule has 4 aromatic rings. The maximum absolute atomic E-state index is 14.1. The number of piperidine rings is 1. The van der Waals surface area contributed by atoms with Gasteiger partial charge in [0.15, 0.2) is 11.5 Å². The number of anilines is 1. The van der Waals surface area contributed by atoms with Gasteiger partial charge in [-0.25, -0.2) is 17.8 Å². The fourth-order valence-electron chi connectivity index (χ4n) is 4.27. The van der Waals surface area contributed by atoms with Crippen molar-refractivity contribution in [3.8, 4) is 17.3 Å². The Balaban J connectivity index is 1.39. The molecule has 0 radical (unpaired) electrons. The van der Waals surface area contributed by atoms with E-state index >= 15 is 0 Å². The minimum absolute atomic E-state index is 0.0456. The van der Waals surface area contributed by atoms with E-state index in [9.17, 15) is 17.6 Å². The van der Waals surface area contributed by atoms with Gasteiger partial charge in [-0.1, -0.05) is 11.6 Å². The molecule has 1 amide bonds. The van der Waals surface area contributed by atoms with Gasteiger partial charge in [-0.05, 0) is 49.4 Å². The third kappa shape index (κ3) is 5.27. The Labute approximate surface area is 223 Å². The number of hydrogen-bond acceptors (Lipinski definition) is 7. The quantitative estimate of drug-likeness (QED) is 0.360. The lowest BCUT2D eigenvalue weighted by molar-refractivity contribution is -0.130. The molecule has 0 bridgehead atoms. The number of benzene rings is 2. The molecule has 0 aliphatic carbocycles. The standard InChI is InChI=1S/C25H24ClFN6O4S/c1-14-22-24(31-30-14)28-23(29-25(22)37-19-9-11-33(12-10-19)15(2)34)16-3-6-18(7-4-16)32-38(35,36)21-13-17(26)5-8-20(21)27/h3-8,13,19,32H,9-12H2,1-2H3,(H,28,29,30,31). The number of amides is 1. The molecule has 0 unspecified atom stereocenters. The van der Waals surface area contributed by atoms with Crippen molar-refractivity contribution in [2.24, 2.45) is 0 Å². The van der Waals surface area contributed by atoms with Crippen molar-refractivity contribution in [2.45, 2.75) is 37.7 Å². The third-order valence-electron chi connectivity index (χ3n) is 6.30. The minimum Gasteiger partial charge on any atom is -0.474 e. The minimum atomic E-state index is -4.20. The van der Waals surface area contributed by atoms with E-state index in [1.165, 1.54) is 18.2 Å². The van der Waals surface area contributed by atoms with Gasteiger partial charge in [-0.2, -0.15) is 10.1 Å². The fraction of sp³-hybridized carbons (Fsp3) is 0.280. The first-order chi connectivity index (χ1) is 18.1. The number of H-pyrrole nitrogens is 1. The van der Waals surface area contributed by atoms with Crippen molar-refractivity contribution < 1.29 is 22.3 Å². The summed E-state index contributed by atoms with van der Waals surface area (Å²) in [5.74, 6) is -0.132. The number of halogens is 2. The summed E-state index contributed by atoms with van der Waals surface area (Å²) >= 11 is 5.84. The normalized spacial score (nSPS) is 14.6. The van der Waals surface area contributed by atoms with Crippen LogP contribution in [-0.2, 0) is 14.8 Å². The van der Waals surface area contributed by atoms with Gasteiger partial charge in [0.2, 0.25) is 11.8 Å². The van der Waals surface area contributed by atoms with Gasteiger partial charge < -0.3 is 9.64 Å². The van der Waals surface area contributed by atoms with Crippen LogP contribution in [0.1, 0.15) is 25.5 Å². The van der Waals surface area contributed by atoms with E-state index < -0.39 is 20.7 Å². The van der Waals surface area contributed by atoms with Crippen LogP contribution >= 0.6 is 11.6 Å². The molecule has 2 aromatic heterocycles. The first kappa shape index (κ1) is 25.9. The molecule has 10 nitrogen and oxygen atoms in total. The number of aryl methyl sites for hydroxylation is 1. The first-order valence-electron chi connectivity index (χ1n) is 11.8. The Bertz CT molecular complexity index is 1620. The maximum Gasteiger partial charge on any atom is 0.264 e. The van der Waals surface area contributed by atoms with Gasteiger partial charge in [-0.3, -0.25) is 14.6 Å². The number of fused-ring (bicyclic) bond motifs is 1. The van der Waals surface area contributed by atoms with E-state index in [1.807, 2.05) is 6.92 Å². The highest BCUT2D eigenvalue weighted by Crippen LogP contribution is 2.31. The van der Waals surface area contributed by atoms with Crippen LogP contribution in [0.15, 0.2) is 47.4 Å². The van der Waals surface area contributed by atoms with Gasteiger partial charge in [-0.15, -0.1) is 0 Å². The number of sulfonamides is 1. The number of hydrogen-bond donors (Lipinski definition) is 2. The molecule has 198 valence electrons. The van der Waals surface area contributed by atoms with Crippen LogP contribution in [0.25, 0.3) is 22.4 Å². The molecule has 0 atom stereocenters. The van der Waals surface area contributed by atoms with Crippen molar-refractivity contribution in [3.05, 3.63) is 59.0 Å². The van der Waals surface area contributed by atoms with Gasteiger partial charge in [0.25, 0.3) is 10.0 Å². The fourth-order valence-corrected chi connectivity index (χ4v) is 5.67. The summed E-state index contributed by atoms with van der Waals surface area (Å²) in [6, 6.07) is 9.65. The lowest BCUT2D eigenvalue weighted by Crippen LogP contribution is -2.40. The number of nitrogens with one attached hydrogen (secondary N) is 2. The SMILES string of the molecule is CC(=O)N1CCC(Oc2nc(-c3ccc(NS(=O)(=O)c4cc(Cl)ccc4F)cc3)nc3n[nH]c(C)c23)CC1. The van der Waals surface area contributed by atoms with E-state index in [4.69, 9.17) is 16.3 Å². The van der Waals surface area contributed by atoms with E-state index in [2.05, 4.69) is 24.9 Å². The number of carbonyl (C=O) groups excluding carboxylic acids is 1. The summed E-state index contributed by atoms with van der Waals surface area (Å²) in [6.07, 6.45) is 1.24. The summed E-state index contributed by atoms with van der Waals surface area (Å²) in [4.78, 5) is 22.1. The van der Waals surface area contributed by atoms with Crippen LogP contribution in [0.3, 0.4) is 0 Å². The molecule has 0 saturated carbocycles. The second-order valence-electron chi connectivity index (χ2n) is 8.98. The predicted molar refractivity (Wildman–Crippen MR) is 140 cm³/mol. The summed E-state index contributed by atoms with van der Waals surface area (Å²) in [5, 5.41) is 7.95. The maximum atomic E-state index is 14.1. The number of aromatic amines is 1. The third-order valence-corrected chi connectivity index (χ3v) is 7.94. The number of nitrogens with zero attached hydrogens (tertiary/aromatic N) is 4. The molecule has 13 heteroatoms. The summed E-state index contributed by atoms with van der Waals surface area (Å²) in [5.41, 5.74) is 2.02. The topological polar surface area (TPSA) is 130 Å². The van der Waals surface area contributed by atoms with E-state index in [0.29, 0.717) is 54.2 Å². The van der Waals surface area contributed by atoms with Crippen molar-refractivity contribution >= 4 is 44.3 Å². The van der Waals surface area contributed by atoms with Crippen LogP contribution in [0.5, 0.6) is 5.88 Å². The largest absolute Gasteiger partial charge is 0.474 e. The number of likely N-dealkylation sites (tertiary alicyclic amines) is 1. The van der Waals surface area contributed by atoms with Crippen molar-refractivity contribution in [1.29, 1.82) is 0 Å². The highest BCUT2D eigenvalue weighted by molar-refractivity contribution is 7.92. The lowest BCUT2D eigenvalue weighted by Gasteiger charge is -2.31. The summed E-state index contributed by atoms with van der Waals surface area (Å²) < 4.78 is 48.1. The van der Waals surface area contributed by atoms with Crippen LogP contribution in [-0.4, -0.2) is 58.6 Å². The average Bonchev–Trinajstić information content (AvgIpc) is 3.26. The number of aromatic nitrogens is 4. The first-order valence-corrected chi connectivity index (χ1v) is 13.7. The molecule has 1 aliphatic rings. The van der Waals surface area contributed by atoms with E-state index in [1.54, 1.807) is 24.0 Å². The van der Waals surface area contributed by atoms with Gasteiger partial charge in [0, 0.05) is 54.8 Å². The van der Waals surface area contributed by atoms with Crippen molar-refractivity contribution in [1.82, 2.24) is 25.1 Å². The van der Waals surface area contributed by atoms with Crippen LogP contribution < -0.4 is 9.46 Å². The van der Waals surface area contributed by atoms with Crippen molar-refractivity contribution in [3.63, 3.8) is 0 Å². The highest BCUT2D eigenvalue weighted by atomic mass is 35.5. The number of ether oxygens (including phenoxy) is 1. The van der Waals surface area contributed by atoms with Crippen LogP contribution in [0.2, 0.25) is 5.02 Å². The zero-order valence-electron chi connectivity index (χ0n) is 20.5. The lowest BCUT2D eigenvalue weighted by atomic mass is 10.1. The Kier molecular flexibility index (Phi) is 6.93. The molecule has 2 aromatic carbocycles. The van der Waals surface area contributed by atoms with E-state index in [-0.39, 0.29) is 22.7 Å². The van der Waals surface area contributed by atoms with Gasteiger partial charge >= 0.3 is 0 Å². The Hall–Kier alpha value is -3.77. The molecular formula is C25H24ClFN6O4S. The smallest absolute Gasteiger partial charge is 0.264 e. The molecule has 3 heterocycles. The average molecular weight is 559 g/mol. The Morgan fingerprint density at radius 3 is 2.55 bits per heavy atom. The van der Waals surface area contributed by atoms with Crippen LogP contribution in [0, 0.1) is 12.7 Å². The second-order valence-corrected chi connectivity index (χ2v) is 11.1. The second kappa shape index (κ2) is 10.2. The molecule has 1 saturated heterocycles. The molecular weight excluding hydrogens is 535 g/mol. The number of rotatable bonds is 6. The van der Waals surface area contributed by atoms with Crippen LogP contribution in [0.4, 0.5) is 10.1 Å². The van der Waals surface area contributed by atoms with Crippen molar-refractivity contribution in [2.75, 3.05) is 17.8 Å². The Morgan fingerprint density at radius 1 is 1.16 bits per heavy atom.